The van der Waals surface area contributed by atoms with Crippen molar-refractivity contribution in [1.29, 1.82) is 0 Å². The number of nitrogens with zero attached hydrogens (tertiary/aromatic N) is 3. The van der Waals surface area contributed by atoms with Gasteiger partial charge in [0.25, 0.3) is 11.6 Å². The molecule has 2 aromatic rings. The van der Waals surface area contributed by atoms with Crippen molar-refractivity contribution in [1.82, 2.24) is 9.80 Å². The molecule has 0 unspecified atom stereocenters. The van der Waals surface area contributed by atoms with E-state index in [1.54, 1.807) is 12.1 Å². The Bertz CT molecular complexity index is 814. The van der Waals surface area contributed by atoms with Gasteiger partial charge in [-0.1, -0.05) is 24.3 Å². The lowest BCUT2D eigenvalue weighted by Crippen LogP contribution is -2.27. The second kappa shape index (κ2) is 8.31. The zero-order valence-corrected chi connectivity index (χ0v) is 15.8. The average molecular weight is 367 g/mol. The number of benzene rings is 2. The summed E-state index contributed by atoms with van der Waals surface area (Å²) in [5.74, 6) is 0.109. The first kappa shape index (κ1) is 19.0. The first-order chi connectivity index (χ1) is 13.0. The summed E-state index contributed by atoms with van der Waals surface area (Å²) in [7, 11) is 1.99. The molecule has 0 bridgehead atoms. The van der Waals surface area contributed by atoms with Crippen LogP contribution < -0.4 is 0 Å². The van der Waals surface area contributed by atoms with E-state index < -0.39 is 0 Å². The van der Waals surface area contributed by atoms with Gasteiger partial charge in [0.05, 0.1) is 4.92 Å². The molecule has 142 valence electrons. The number of carbonyl (C=O) groups is 1. The summed E-state index contributed by atoms with van der Waals surface area (Å²) in [6.07, 6.45) is 2.17. The summed E-state index contributed by atoms with van der Waals surface area (Å²) in [4.78, 5) is 27.1. The molecule has 1 saturated heterocycles. The molecule has 0 saturated carbocycles. The van der Waals surface area contributed by atoms with Gasteiger partial charge in [-0.15, -0.1) is 0 Å². The SMILES string of the molecule is C[C@H](c1cccc([N+](=O)[O-])c1)N(C)Cc1ccc(C(=O)N2CCCC2)cc1. The van der Waals surface area contributed by atoms with Crippen LogP contribution in [0.5, 0.6) is 0 Å². The number of rotatable bonds is 6. The largest absolute Gasteiger partial charge is 0.339 e. The van der Waals surface area contributed by atoms with Gasteiger partial charge in [0.1, 0.15) is 0 Å². The highest BCUT2D eigenvalue weighted by molar-refractivity contribution is 5.94. The van der Waals surface area contributed by atoms with E-state index in [-0.39, 0.29) is 22.6 Å². The highest BCUT2D eigenvalue weighted by Crippen LogP contribution is 2.24. The monoisotopic (exact) mass is 367 g/mol. The van der Waals surface area contributed by atoms with Crippen LogP contribution >= 0.6 is 0 Å². The maximum absolute atomic E-state index is 12.4. The minimum atomic E-state index is -0.369. The van der Waals surface area contributed by atoms with E-state index in [0.717, 1.165) is 42.6 Å². The lowest BCUT2D eigenvalue weighted by atomic mass is 10.1. The van der Waals surface area contributed by atoms with Crippen LogP contribution in [0.2, 0.25) is 0 Å². The second-order valence-electron chi connectivity index (χ2n) is 7.14. The molecule has 27 heavy (non-hydrogen) atoms. The topological polar surface area (TPSA) is 66.7 Å². The summed E-state index contributed by atoms with van der Waals surface area (Å²) in [5.41, 5.74) is 2.85. The molecule has 0 spiro atoms. The normalized spacial score (nSPS) is 15.1. The van der Waals surface area contributed by atoms with E-state index in [0.29, 0.717) is 6.54 Å². The third-order valence-electron chi connectivity index (χ3n) is 5.25. The van der Waals surface area contributed by atoms with E-state index in [4.69, 9.17) is 0 Å². The van der Waals surface area contributed by atoms with Gasteiger partial charge in [-0.2, -0.15) is 0 Å². The van der Waals surface area contributed by atoms with Crippen molar-refractivity contribution < 1.29 is 9.72 Å². The fourth-order valence-electron chi connectivity index (χ4n) is 3.43. The van der Waals surface area contributed by atoms with Crippen molar-refractivity contribution in [2.45, 2.75) is 32.4 Å². The molecule has 1 amide bonds. The Balaban J connectivity index is 1.65. The van der Waals surface area contributed by atoms with Crippen molar-refractivity contribution in [2.75, 3.05) is 20.1 Å². The molecule has 1 fully saturated rings. The molecule has 6 heteroatoms. The van der Waals surface area contributed by atoms with Crippen LogP contribution in [0.1, 0.15) is 47.3 Å². The highest BCUT2D eigenvalue weighted by Gasteiger charge is 2.19. The molecule has 2 aromatic carbocycles. The predicted octanol–water partition coefficient (Wildman–Crippen LogP) is 4.02. The molecular formula is C21H25N3O3. The molecular weight excluding hydrogens is 342 g/mol. The smallest absolute Gasteiger partial charge is 0.269 e. The Hall–Kier alpha value is -2.73. The third kappa shape index (κ3) is 4.52. The second-order valence-corrected chi connectivity index (χ2v) is 7.14. The molecule has 1 aliphatic rings. The highest BCUT2D eigenvalue weighted by atomic mass is 16.6. The van der Waals surface area contributed by atoms with Crippen LogP contribution in [-0.4, -0.2) is 40.8 Å². The molecule has 6 nitrogen and oxygen atoms in total. The molecule has 0 N–H and O–H groups in total. The zero-order valence-electron chi connectivity index (χ0n) is 15.8. The number of hydrogen-bond donors (Lipinski definition) is 0. The number of non-ortho nitro benzene ring substituents is 1. The number of hydrogen-bond acceptors (Lipinski definition) is 4. The molecule has 0 aliphatic carbocycles. The fourth-order valence-corrected chi connectivity index (χ4v) is 3.43. The van der Waals surface area contributed by atoms with E-state index in [2.05, 4.69) is 4.90 Å². The van der Waals surface area contributed by atoms with Crippen molar-refractivity contribution in [3.8, 4) is 0 Å². The van der Waals surface area contributed by atoms with Crippen LogP contribution in [0, 0.1) is 10.1 Å². The van der Waals surface area contributed by atoms with Crippen LogP contribution in [0.25, 0.3) is 0 Å². The first-order valence-electron chi connectivity index (χ1n) is 9.28. The Morgan fingerprint density at radius 1 is 1.19 bits per heavy atom. The number of likely N-dealkylation sites (tertiary alicyclic amines) is 1. The van der Waals surface area contributed by atoms with Gasteiger partial charge >= 0.3 is 0 Å². The van der Waals surface area contributed by atoms with Gasteiger partial charge in [0, 0.05) is 43.4 Å². The summed E-state index contributed by atoms with van der Waals surface area (Å²) in [6, 6.07) is 14.5. The minimum Gasteiger partial charge on any atom is -0.339 e. The summed E-state index contributed by atoms with van der Waals surface area (Å²) >= 11 is 0. The maximum atomic E-state index is 12.4. The molecule has 1 heterocycles. The fraction of sp³-hybridized carbons (Fsp3) is 0.381. The molecule has 1 atom stereocenters. The van der Waals surface area contributed by atoms with Gasteiger partial charge in [0.15, 0.2) is 0 Å². The Kier molecular flexibility index (Phi) is 5.86. The minimum absolute atomic E-state index is 0.0378. The van der Waals surface area contributed by atoms with Gasteiger partial charge < -0.3 is 4.90 Å². The lowest BCUT2D eigenvalue weighted by Gasteiger charge is -2.25. The number of carbonyl (C=O) groups excluding carboxylic acids is 1. The first-order valence-corrected chi connectivity index (χ1v) is 9.28. The average Bonchev–Trinajstić information content (AvgIpc) is 3.22. The van der Waals surface area contributed by atoms with Crippen molar-refractivity contribution in [2.24, 2.45) is 0 Å². The Morgan fingerprint density at radius 3 is 2.48 bits per heavy atom. The van der Waals surface area contributed by atoms with Gasteiger partial charge in [-0.3, -0.25) is 19.8 Å². The van der Waals surface area contributed by atoms with E-state index in [1.807, 2.05) is 49.2 Å². The standard InChI is InChI=1S/C21H25N3O3/c1-16(19-6-5-7-20(14-19)24(26)27)22(2)15-17-8-10-18(11-9-17)21(25)23-12-3-4-13-23/h5-11,14,16H,3-4,12-13,15H2,1-2H3/t16-/m1/s1. The summed E-state index contributed by atoms with van der Waals surface area (Å²) < 4.78 is 0. The van der Waals surface area contributed by atoms with Crippen molar-refractivity contribution >= 4 is 11.6 Å². The Labute approximate surface area is 159 Å². The van der Waals surface area contributed by atoms with E-state index >= 15 is 0 Å². The predicted molar refractivity (Wildman–Crippen MR) is 105 cm³/mol. The van der Waals surface area contributed by atoms with Crippen LogP contribution in [0.4, 0.5) is 5.69 Å². The Morgan fingerprint density at radius 2 is 1.85 bits per heavy atom. The van der Waals surface area contributed by atoms with Crippen LogP contribution in [0.15, 0.2) is 48.5 Å². The van der Waals surface area contributed by atoms with Crippen molar-refractivity contribution in [3.05, 3.63) is 75.3 Å². The zero-order chi connectivity index (χ0) is 19.4. The summed E-state index contributed by atoms with van der Waals surface area (Å²) in [5, 5.41) is 11.0. The lowest BCUT2D eigenvalue weighted by molar-refractivity contribution is -0.384. The number of nitro groups is 1. The van der Waals surface area contributed by atoms with Gasteiger partial charge in [-0.25, -0.2) is 0 Å². The van der Waals surface area contributed by atoms with Crippen molar-refractivity contribution in [3.63, 3.8) is 0 Å². The third-order valence-corrected chi connectivity index (χ3v) is 5.25. The van der Waals surface area contributed by atoms with Crippen LogP contribution in [0.3, 0.4) is 0 Å². The molecule has 0 aromatic heterocycles. The van der Waals surface area contributed by atoms with Gasteiger partial charge in [0.2, 0.25) is 0 Å². The quantitative estimate of drug-likeness (QED) is 0.571. The molecule has 1 aliphatic heterocycles. The van der Waals surface area contributed by atoms with Gasteiger partial charge in [-0.05, 0) is 50.1 Å². The molecule has 0 radical (unpaired) electrons. The van der Waals surface area contributed by atoms with Crippen LogP contribution in [-0.2, 0) is 6.54 Å². The summed E-state index contributed by atoms with van der Waals surface area (Å²) in [6.45, 7) is 4.43. The number of amides is 1. The van der Waals surface area contributed by atoms with E-state index in [1.165, 1.54) is 6.07 Å². The maximum Gasteiger partial charge on any atom is 0.269 e. The van der Waals surface area contributed by atoms with E-state index in [9.17, 15) is 14.9 Å². The molecule has 3 rings (SSSR count). The number of nitro benzene ring substituents is 1.